The van der Waals surface area contributed by atoms with Gasteiger partial charge in [-0.2, -0.15) is 0 Å². The van der Waals surface area contributed by atoms with Gasteiger partial charge in [0.1, 0.15) is 5.03 Å². The third-order valence-electron chi connectivity index (χ3n) is 4.76. The van der Waals surface area contributed by atoms with Gasteiger partial charge >= 0.3 is 5.97 Å². The molecule has 3 heterocycles. The van der Waals surface area contributed by atoms with Crippen molar-refractivity contribution >= 4 is 29.6 Å². The normalized spacial score (nSPS) is 21.4. The van der Waals surface area contributed by atoms with E-state index in [1.165, 1.54) is 16.5 Å². The Kier molecular flexibility index (Phi) is 4.74. The van der Waals surface area contributed by atoms with Crippen molar-refractivity contribution in [2.45, 2.75) is 24.3 Å². The van der Waals surface area contributed by atoms with Gasteiger partial charge in [0, 0.05) is 37.3 Å². The predicted molar refractivity (Wildman–Crippen MR) is 104 cm³/mol. The topological polar surface area (TPSA) is 68.2 Å². The fraction of sp³-hybridized carbons (Fsp3) is 0.368. The summed E-state index contributed by atoms with van der Waals surface area (Å²) >= 11 is 1.75. The summed E-state index contributed by atoms with van der Waals surface area (Å²) in [6.45, 7) is 3.39. The monoisotopic (exact) mass is 370 g/mol. The van der Waals surface area contributed by atoms with Crippen molar-refractivity contribution in [2.75, 3.05) is 32.0 Å². The lowest BCUT2D eigenvalue weighted by atomic mass is 10.0. The molecule has 3 aliphatic heterocycles. The average Bonchev–Trinajstić information content (AvgIpc) is 2.60. The van der Waals surface area contributed by atoms with Crippen molar-refractivity contribution < 1.29 is 9.90 Å². The first-order valence-corrected chi connectivity index (χ1v) is 9.60. The van der Waals surface area contributed by atoms with Crippen LogP contribution in [0.4, 0.5) is 5.69 Å². The van der Waals surface area contributed by atoms with Crippen LogP contribution in [0.1, 0.15) is 18.4 Å². The molecule has 1 aromatic carbocycles. The van der Waals surface area contributed by atoms with Gasteiger partial charge in [0.25, 0.3) is 0 Å². The van der Waals surface area contributed by atoms with Gasteiger partial charge < -0.3 is 15.3 Å². The number of aliphatic carboxylic acids is 1. The number of aliphatic imine (C=N–C) groups is 1. The Morgan fingerprint density at radius 2 is 2.35 bits per heavy atom. The molecule has 0 radical (unpaired) electrons. The maximum atomic E-state index is 10.9. The minimum Gasteiger partial charge on any atom is -0.478 e. The smallest absolute Gasteiger partial charge is 0.328 e. The molecular formula is C19H22N4O2S. The molecule has 1 fully saturated rings. The molecule has 0 unspecified atom stereocenters. The highest BCUT2D eigenvalue weighted by Crippen LogP contribution is 2.42. The number of carbonyl (C=O) groups is 1. The number of carboxylic acids is 1. The molecule has 0 amide bonds. The van der Waals surface area contributed by atoms with Gasteiger partial charge in [-0.15, -0.1) is 0 Å². The molecule has 0 aliphatic carbocycles. The van der Waals surface area contributed by atoms with E-state index in [4.69, 9.17) is 5.11 Å². The Bertz CT molecular complexity index is 831. The van der Waals surface area contributed by atoms with E-state index in [2.05, 4.69) is 45.4 Å². The quantitative estimate of drug-likeness (QED) is 0.798. The molecule has 0 atom stereocenters. The summed E-state index contributed by atoms with van der Waals surface area (Å²) < 4.78 is 0. The van der Waals surface area contributed by atoms with Crippen LogP contribution in [-0.4, -0.2) is 53.8 Å². The van der Waals surface area contributed by atoms with Crippen LogP contribution in [0.15, 0.2) is 50.6 Å². The summed E-state index contributed by atoms with van der Waals surface area (Å²) in [5, 5.41) is 13.6. The maximum absolute atomic E-state index is 10.9. The number of carboxylic acid groups (broad SMARTS) is 1. The summed E-state index contributed by atoms with van der Waals surface area (Å²) in [4.78, 5) is 21.1. The van der Waals surface area contributed by atoms with E-state index in [9.17, 15) is 4.79 Å². The first-order valence-electron chi connectivity index (χ1n) is 8.79. The predicted octanol–water partition coefficient (Wildman–Crippen LogP) is 2.95. The van der Waals surface area contributed by atoms with Crippen LogP contribution in [0.5, 0.6) is 0 Å². The number of fused-ring (bicyclic) bond motifs is 1. The first kappa shape index (κ1) is 17.2. The van der Waals surface area contributed by atoms with E-state index in [-0.39, 0.29) is 0 Å². The molecule has 1 aromatic rings. The standard InChI is InChI=1S/C19H22N4O2S/c1-22-8-6-20-18-19(22)26-16-5-4-14(9-15(16)21-18)12-23-7-2-3-13(11-23)10-17(24)25/h4-6,9-10,21H,2-3,7-8,11-12H2,1H3,(H,24,25)/b13-10+. The number of hydrogen-bond donors (Lipinski definition) is 2. The second kappa shape index (κ2) is 7.17. The molecule has 2 N–H and O–H groups in total. The summed E-state index contributed by atoms with van der Waals surface area (Å²) in [7, 11) is 2.08. The zero-order valence-corrected chi connectivity index (χ0v) is 15.6. The van der Waals surface area contributed by atoms with E-state index >= 15 is 0 Å². The molecule has 6 nitrogen and oxygen atoms in total. The van der Waals surface area contributed by atoms with Crippen molar-refractivity contribution in [1.29, 1.82) is 0 Å². The molecule has 0 saturated carbocycles. The second-order valence-corrected chi connectivity index (χ2v) is 7.89. The molecule has 1 saturated heterocycles. The van der Waals surface area contributed by atoms with E-state index in [1.807, 2.05) is 6.21 Å². The minimum absolute atomic E-state index is 0.732. The van der Waals surface area contributed by atoms with Crippen molar-refractivity contribution in [3.8, 4) is 0 Å². The summed E-state index contributed by atoms with van der Waals surface area (Å²) in [5.41, 5.74) is 3.33. The lowest BCUT2D eigenvalue weighted by Crippen LogP contribution is -2.31. The van der Waals surface area contributed by atoms with Crippen LogP contribution >= 0.6 is 11.8 Å². The Morgan fingerprint density at radius 3 is 3.19 bits per heavy atom. The Morgan fingerprint density at radius 1 is 1.46 bits per heavy atom. The van der Waals surface area contributed by atoms with Crippen molar-refractivity contribution in [2.24, 2.45) is 4.99 Å². The van der Waals surface area contributed by atoms with Crippen molar-refractivity contribution in [3.05, 3.63) is 46.3 Å². The highest BCUT2D eigenvalue weighted by Gasteiger charge is 2.23. The summed E-state index contributed by atoms with van der Waals surface area (Å²) in [5.74, 6) is 0.0667. The molecule has 26 heavy (non-hydrogen) atoms. The zero-order valence-electron chi connectivity index (χ0n) is 14.7. The Balaban J connectivity index is 1.48. The Hall–Kier alpha value is -2.25. The van der Waals surface area contributed by atoms with Gasteiger partial charge in [-0.3, -0.25) is 4.90 Å². The number of rotatable bonds is 3. The lowest BCUT2D eigenvalue weighted by molar-refractivity contribution is -0.131. The van der Waals surface area contributed by atoms with Gasteiger partial charge in [-0.1, -0.05) is 17.8 Å². The van der Waals surface area contributed by atoms with Crippen LogP contribution in [0.25, 0.3) is 0 Å². The number of nitrogens with one attached hydrogen (secondary N) is 1. The third-order valence-corrected chi connectivity index (χ3v) is 6.04. The summed E-state index contributed by atoms with van der Waals surface area (Å²) in [6, 6.07) is 6.52. The average molecular weight is 370 g/mol. The molecule has 0 aromatic heterocycles. The number of anilines is 1. The first-order chi connectivity index (χ1) is 12.6. The molecule has 3 aliphatic rings. The maximum Gasteiger partial charge on any atom is 0.328 e. The van der Waals surface area contributed by atoms with Gasteiger partial charge in [0.15, 0.2) is 5.82 Å². The molecule has 7 heteroatoms. The van der Waals surface area contributed by atoms with Gasteiger partial charge in [0.05, 0.1) is 12.2 Å². The molecule has 0 spiro atoms. The van der Waals surface area contributed by atoms with Crippen LogP contribution in [0, 0.1) is 0 Å². The fourth-order valence-corrected chi connectivity index (χ4v) is 4.54. The van der Waals surface area contributed by atoms with Gasteiger partial charge in [-0.25, -0.2) is 9.79 Å². The lowest BCUT2D eigenvalue weighted by Gasteiger charge is -2.31. The highest BCUT2D eigenvalue weighted by molar-refractivity contribution is 8.03. The second-order valence-electron chi connectivity index (χ2n) is 6.86. The van der Waals surface area contributed by atoms with Crippen LogP contribution in [-0.2, 0) is 11.3 Å². The number of likely N-dealkylation sites (tertiary alicyclic amines) is 1. The Labute approximate surface area is 157 Å². The van der Waals surface area contributed by atoms with E-state index in [0.29, 0.717) is 0 Å². The number of benzene rings is 1. The largest absolute Gasteiger partial charge is 0.478 e. The van der Waals surface area contributed by atoms with E-state index in [0.717, 1.165) is 61.1 Å². The van der Waals surface area contributed by atoms with Crippen LogP contribution < -0.4 is 5.32 Å². The fourth-order valence-electron chi connectivity index (χ4n) is 3.54. The van der Waals surface area contributed by atoms with Crippen molar-refractivity contribution in [1.82, 2.24) is 9.80 Å². The molecule has 136 valence electrons. The SMILES string of the molecule is CN1CC=NC2=C1Sc1ccc(CN3CCC/C(=C\C(=O)O)C3)cc1N2. The molecule has 0 bridgehead atoms. The van der Waals surface area contributed by atoms with E-state index in [1.54, 1.807) is 11.8 Å². The molecule has 4 rings (SSSR count). The van der Waals surface area contributed by atoms with E-state index < -0.39 is 5.97 Å². The van der Waals surface area contributed by atoms with Crippen LogP contribution in [0.3, 0.4) is 0 Å². The zero-order chi connectivity index (χ0) is 18.1. The number of piperidine rings is 1. The van der Waals surface area contributed by atoms with Gasteiger partial charge in [-0.05, 0) is 42.7 Å². The number of nitrogens with zero attached hydrogens (tertiary/aromatic N) is 3. The third kappa shape index (κ3) is 3.64. The van der Waals surface area contributed by atoms with Crippen LogP contribution in [0.2, 0.25) is 0 Å². The molecular weight excluding hydrogens is 348 g/mol. The van der Waals surface area contributed by atoms with Gasteiger partial charge in [0.2, 0.25) is 0 Å². The minimum atomic E-state index is -0.848. The number of thioether (sulfide) groups is 1. The number of hydrogen-bond acceptors (Lipinski definition) is 6. The highest BCUT2D eigenvalue weighted by atomic mass is 32.2. The van der Waals surface area contributed by atoms with Crippen molar-refractivity contribution in [3.63, 3.8) is 0 Å². The summed E-state index contributed by atoms with van der Waals surface area (Å²) in [6.07, 6.45) is 5.18.